The maximum atomic E-state index is 13.2. The van der Waals surface area contributed by atoms with Gasteiger partial charge in [-0.25, -0.2) is 14.2 Å². The number of amides is 2. The predicted octanol–water partition coefficient (Wildman–Crippen LogP) is 6.75. The number of urea groups is 1. The summed E-state index contributed by atoms with van der Waals surface area (Å²) in [6.45, 7) is 7.38. The molecule has 0 bridgehead atoms. The third-order valence-corrected chi connectivity index (χ3v) is 6.14. The van der Waals surface area contributed by atoms with E-state index in [4.69, 9.17) is 16.2 Å². The zero-order chi connectivity index (χ0) is 27.2. The lowest BCUT2D eigenvalue weighted by atomic mass is 10.1. The van der Waals surface area contributed by atoms with Gasteiger partial charge < -0.3 is 16.2 Å². The first kappa shape index (κ1) is 24.8. The van der Waals surface area contributed by atoms with Crippen LogP contribution in [0.5, 0.6) is 0 Å². The van der Waals surface area contributed by atoms with Gasteiger partial charge in [0.05, 0.1) is 28.1 Å². The van der Waals surface area contributed by atoms with Crippen molar-refractivity contribution in [2.24, 2.45) is 5.73 Å². The zero-order valence-corrected chi connectivity index (χ0v) is 21.7. The maximum Gasteiger partial charge on any atom is 0.419 e. The fraction of sp³-hybridized carbons (Fsp3) is 0.167. The molecule has 5 aromatic rings. The van der Waals surface area contributed by atoms with Crippen LogP contribution in [0.1, 0.15) is 26.5 Å². The van der Waals surface area contributed by atoms with Crippen LogP contribution in [0.25, 0.3) is 33.1 Å². The van der Waals surface area contributed by atoms with Gasteiger partial charge in [-0.1, -0.05) is 30.3 Å². The van der Waals surface area contributed by atoms with Crippen LogP contribution in [0, 0.1) is 6.92 Å². The Morgan fingerprint density at radius 1 is 0.921 bits per heavy atom. The minimum Gasteiger partial charge on any atom is -0.443 e. The number of anilines is 3. The summed E-state index contributed by atoms with van der Waals surface area (Å²) in [6.07, 6.45) is -0.464. The second-order valence-electron chi connectivity index (χ2n) is 10.2. The molecule has 0 spiro atoms. The van der Waals surface area contributed by atoms with Crippen LogP contribution in [0.2, 0.25) is 0 Å². The standard InChI is InChI=1S/C30H29N5O3/c1-18-15-24(31)23-17-22(13-14-25(23)33-18)34(28(32)36)21-11-9-19(10-12-21)27-16-20-7-5-6-8-26(20)35(27)29(37)38-30(2,3)4/h5-17H,1-4H3,(H2,31,33)(H2,32,36). The number of rotatable bonds is 3. The summed E-state index contributed by atoms with van der Waals surface area (Å²) in [6, 6.07) is 23.4. The van der Waals surface area contributed by atoms with Gasteiger partial charge in [0.1, 0.15) is 5.60 Å². The van der Waals surface area contributed by atoms with Gasteiger partial charge in [0.15, 0.2) is 0 Å². The van der Waals surface area contributed by atoms with E-state index in [9.17, 15) is 9.59 Å². The molecular formula is C30H29N5O3. The number of fused-ring (bicyclic) bond motifs is 2. The lowest BCUT2D eigenvalue weighted by Gasteiger charge is -2.22. The fourth-order valence-electron chi connectivity index (χ4n) is 4.57. The minimum atomic E-state index is -0.650. The van der Waals surface area contributed by atoms with Crippen molar-refractivity contribution in [3.63, 3.8) is 0 Å². The average Bonchev–Trinajstić information content (AvgIpc) is 3.23. The molecule has 8 nitrogen and oxygen atoms in total. The Labute approximate surface area is 220 Å². The summed E-state index contributed by atoms with van der Waals surface area (Å²) >= 11 is 0. The molecule has 0 aliphatic carbocycles. The number of benzene rings is 3. The largest absolute Gasteiger partial charge is 0.443 e. The molecule has 0 atom stereocenters. The second kappa shape index (κ2) is 9.23. The Bertz CT molecular complexity index is 1700. The molecule has 0 fully saturated rings. The minimum absolute atomic E-state index is 0.464. The summed E-state index contributed by atoms with van der Waals surface area (Å²) in [5.41, 5.74) is 16.8. The van der Waals surface area contributed by atoms with Crippen molar-refractivity contribution < 1.29 is 14.3 Å². The molecule has 3 aromatic carbocycles. The third kappa shape index (κ3) is 4.64. The van der Waals surface area contributed by atoms with E-state index in [0.29, 0.717) is 22.8 Å². The Morgan fingerprint density at radius 3 is 2.29 bits per heavy atom. The van der Waals surface area contributed by atoms with Crippen LogP contribution in [0.4, 0.5) is 26.7 Å². The lowest BCUT2D eigenvalue weighted by Crippen LogP contribution is -2.31. The van der Waals surface area contributed by atoms with Crippen molar-refractivity contribution in [2.45, 2.75) is 33.3 Å². The molecule has 8 heteroatoms. The molecule has 2 amide bonds. The van der Waals surface area contributed by atoms with Crippen LogP contribution >= 0.6 is 0 Å². The number of hydrogen-bond donors (Lipinski definition) is 2. The van der Waals surface area contributed by atoms with E-state index in [0.717, 1.165) is 33.1 Å². The van der Waals surface area contributed by atoms with Crippen LogP contribution in [-0.2, 0) is 4.74 Å². The van der Waals surface area contributed by atoms with E-state index in [1.165, 1.54) is 4.90 Å². The summed E-state index contributed by atoms with van der Waals surface area (Å²) in [4.78, 5) is 31.7. The molecule has 2 aromatic heterocycles. The first-order valence-corrected chi connectivity index (χ1v) is 12.2. The summed E-state index contributed by atoms with van der Waals surface area (Å²) in [5, 5.41) is 1.65. The molecule has 0 aliphatic heterocycles. The Morgan fingerprint density at radius 2 is 1.61 bits per heavy atom. The number of carbonyl (C=O) groups is 2. The molecule has 192 valence electrons. The quantitative estimate of drug-likeness (QED) is 0.280. The molecular weight excluding hydrogens is 478 g/mol. The highest BCUT2D eigenvalue weighted by molar-refractivity contribution is 6.02. The van der Waals surface area contributed by atoms with E-state index < -0.39 is 17.7 Å². The monoisotopic (exact) mass is 507 g/mol. The number of pyridine rings is 1. The van der Waals surface area contributed by atoms with Crippen molar-refractivity contribution in [1.29, 1.82) is 0 Å². The van der Waals surface area contributed by atoms with E-state index >= 15 is 0 Å². The first-order valence-electron chi connectivity index (χ1n) is 12.2. The topological polar surface area (TPSA) is 116 Å². The van der Waals surface area contributed by atoms with Gasteiger partial charge in [0.25, 0.3) is 0 Å². The number of nitrogens with two attached hydrogens (primary N) is 2. The van der Waals surface area contributed by atoms with Crippen molar-refractivity contribution in [1.82, 2.24) is 9.55 Å². The van der Waals surface area contributed by atoms with E-state index in [-0.39, 0.29) is 0 Å². The maximum absolute atomic E-state index is 13.2. The van der Waals surface area contributed by atoms with Gasteiger partial charge >= 0.3 is 12.1 Å². The normalized spacial score (nSPS) is 11.6. The molecule has 5 rings (SSSR count). The molecule has 0 aliphatic rings. The third-order valence-electron chi connectivity index (χ3n) is 6.14. The fourth-order valence-corrected chi connectivity index (χ4v) is 4.57. The number of primary amides is 1. The number of para-hydroxylation sites is 1. The molecule has 0 radical (unpaired) electrons. The zero-order valence-electron chi connectivity index (χ0n) is 21.7. The Balaban J connectivity index is 1.56. The molecule has 4 N–H and O–H groups in total. The number of nitrogens with zero attached hydrogens (tertiary/aromatic N) is 3. The van der Waals surface area contributed by atoms with Gasteiger partial charge in [-0.2, -0.15) is 0 Å². The van der Waals surface area contributed by atoms with Gasteiger partial charge in [-0.3, -0.25) is 9.88 Å². The van der Waals surface area contributed by atoms with Crippen LogP contribution < -0.4 is 16.4 Å². The highest BCUT2D eigenvalue weighted by Crippen LogP contribution is 2.34. The van der Waals surface area contributed by atoms with Crippen LogP contribution in [-0.4, -0.2) is 27.3 Å². The molecule has 38 heavy (non-hydrogen) atoms. The average molecular weight is 508 g/mol. The number of carbonyl (C=O) groups excluding carboxylic acids is 2. The number of nitrogen functional groups attached to an aromatic ring is 1. The second-order valence-corrected chi connectivity index (χ2v) is 10.2. The molecule has 2 heterocycles. The highest BCUT2D eigenvalue weighted by atomic mass is 16.6. The molecule has 0 saturated heterocycles. The van der Waals surface area contributed by atoms with Gasteiger partial charge in [-0.15, -0.1) is 0 Å². The summed E-state index contributed by atoms with van der Waals surface area (Å²) in [7, 11) is 0. The van der Waals surface area contributed by atoms with Crippen molar-refractivity contribution in [3.8, 4) is 11.3 Å². The van der Waals surface area contributed by atoms with Crippen molar-refractivity contribution in [2.75, 3.05) is 10.6 Å². The Hall–Kier alpha value is -4.85. The van der Waals surface area contributed by atoms with Crippen LogP contribution in [0.15, 0.2) is 78.9 Å². The van der Waals surface area contributed by atoms with Crippen molar-refractivity contribution in [3.05, 3.63) is 84.6 Å². The van der Waals surface area contributed by atoms with E-state index in [1.54, 1.807) is 34.9 Å². The predicted molar refractivity (Wildman–Crippen MR) is 152 cm³/mol. The van der Waals surface area contributed by atoms with Crippen molar-refractivity contribution >= 4 is 51.0 Å². The van der Waals surface area contributed by atoms with Gasteiger partial charge in [0, 0.05) is 22.2 Å². The molecule has 0 saturated carbocycles. The lowest BCUT2D eigenvalue weighted by molar-refractivity contribution is 0.0547. The number of aromatic nitrogens is 2. The summed E-state index contributed by atoms with van der Waals surface area (Å²) in [5.74, 6) is 0. The molecule has 0 unspecified atom stereocenters. The van der Waals surface area contributed by atoms with Gasteiger partial charge in [0.2, 0.25) is 0 Å². The highest BCUT2D eigenvalue weighted by Gasteiger charge is 2.23. The van der Waals surface area contributed by atoms with Crippen LogP contribution in [0.3, 0.4) is 0 Å². The SMILES string of the molecule is Cc1cc(N)c2cc(N(C(N)=O)c3ccc(-c4cc5ccccc5n4C(=O)OC(C)(C)C)cc3)ccc2n1. The van der Waals surface area contributed by atoms with E-state index in [1.807, 2.05) is 76.2 Å². The Kier molecular flexibility index (Phi) is 6.03. The van der Waals surface area contributed by atoms with E-state index in [2.05, 4.69) is 4.98 Å². The number of hydrogen-bond acceptors (Lipinski definition) is 5. The van der Waals surface area contributed by atoms with Gasteiger partial charge in [-0.05, 0) is 81.8 Å². The smallest absolute Gasteiger partial charge is 0.419 e. The first-order chi connectivity index (χ1) is 18.0. The number of ether oxygens (including phenoxy) is 1. The number of aryl methyl sites for hydroxylation is 1. The summed E-state index contributed by atoms with van der Waals surface area (Å²) < 4.78 is 7.27.